The molecule has 14 heavy (non-hydrogen) atoms. The highest BCUT2D eigenvalue weighted by atomic mass is 32.2. The van der Waals surface area contributed by atoms with Gasteiger partial charge in [0.15, 0.2) is 0 Å². The van der Waals surface area contributed by atoms with Gasteiger partial charge in [0, 0.05) is 0 Å². The van der Waals surface area contributed by atoms with Crippen molar-refractivity contribution in [2.45, 2.75) is 12.5 Å². The summed E-state index contributed by atoms with van der Waals surface area (Å²) in [5.41, 5.74) is 0. The van der Waals surface area contributed by atoms with E-state index in [9.17, 15) is 9.36 Å². The third-order valence-electron chi connectivity index (χ3n) is 1.45. The smallest absolute Gasteiger partial charge is 0.339 e. The summed E-state index contributed by atoms with van der Waals surface area (Å²) in [5.74, 6) is -0.460. The molecule has 0 aromatic heterocycles. The summed E-state index contributed by atoms with van der Waals surface area (Å²) in [5, 5.41) is 11.0. The molecule has 0 aromatic carbocycles. The highest BCUT2D eigenvalue weighted by Gasteiger charge is 2.20. The van der Waals surface area contributed by atoms with Crippen molar-refractivity contribution < 1.29 is 24.3 Å². The van der Waals surface area contributed by atoms with Gasteiger partial charge in [-0.1, -0.05) is 0 Å². The fourth-order valence-corrected chi connectivity index (χ4v) is 1.71. The highest BCUT2D eigenvalue weighted by molar-refractivity contribution is 7.98. The van der Waals surface area contributed by atoms with Gasteiger partial charge in [-0.05, 0) is 18.4 Å². The van der Waals surface area contributed by atoms with Crippen LogP contribution in [0.2, 0.25) is 0 Å². The van der Waals surface area contributed by atoms with E-state index in [0.717, 1.165) is 0 Å². The van der Waals surface area contributed by atoms with E-state index >= 15 is 0 Å². The van der Waals surface area contributed by atoms with Crippen LogP contribution in [0.1, 0.15) is 6.42 Å². The number of hydrogen-bond donors (Lipinski definition) is 4. The van der Waals surface area contributed by atoms with Gasteiger partial charge in [-0.15, -0.1) is 0 Å². The van der Waals surface area contributed by atoms with Gasteiger partial charge in [-0.3, -0.25) is 14.7 Å². The second-order valence-electron chi connectivity index (χ2n) is 2.70. The Balaban J connectivity index is 3.98. The first-order valence-corrected chi connectivity index (χ1v) is 7.05. The zero-order valence-corrected chi connectivity index (χ0v) is 9.42. The maximum absolute atomic E-state index is 10.6. The van der Waals surface area contributed by atoms with E-state index in [1.54, 1.807) is 0 Å². The average Bonchev–Trinajstić information content (AvgIpc) is 2.01. The van der Waals surface area contributed by atoms with E-state index in [0.29, 0.717) is 12.2 Å². The van der Waals surface area contributed by atoms with Gasteiger partial charge < -0.3 is 14.9 Å². The minimum Gasteiger partial charge on any atom is -0.480 e. The van der Waals surface area contributed by atoms with Crippen LogP contribution in [0.15, 0.2) is 0 Å². The Labute approximate surface area is 86.2 Å². The van der Waals surface area contributed by atoms with Crippen LogP contribution < -0.4 is 5.32 Å². The third kappa shape index (κ3) is 7.34. The average molecular weight is 243 g/mol. The van der Waals surface area contributed by atoms with Crippen molar-refractivity contribution >= 4 is 25.3 Å². The third-order valence-corrected chi connectivity index (χ3v) is 2.69. The Morgan fingerprint density at radius 3 is 2.50 bits per heavy atom. The molecule has 0 aliphatic carbocycles. The summed E-state index contributed by atoms with van der Waals surface area (Å²) in [7, 11) is -4.17. The van der Waals surface area contributed by atoms with E-state index in [-0.39, 0.29) is 0 Å². The number of rotatable bonds is 7. The number of aliphatic carboxylic acids is 1. The fourth-order valence-electron chi connectivity index (χ4n) is 0.778. The maximum Gasteiger partial charge on any atom is 0.339 e. The predicted octanol–water partition coefficient (Wildman–Crippen LogP) is -0.0825. The standard InChI is InChI=1S/C6H14NO5PS/c1-14-3-2-5(6(8)9)7-4-13(10,11)12/h5,7H,2-4H2,1H3,(H,8,9)(H2,10,11,12)/t5-/m0/s1. The van der Waals surface area contributed by atoms with E-state index in [2.05, 4.69) is 5.32 Å². The Hall–Kier alpha value is -0.0700. The molecule has 0 rings (SSSR count). The van der Waals surface area contributed by atoms with Gasteiger partial charge >= 0.3 is 13.6 Å². The molecule has 0 unspecified atom stereocenters. The molecule has 84 valence electrons. The lowest BCUT2D eigenvalue weighted by molar-refractivity contribution is -0.139. The van der Waals surface area contributed by atoms with Crippen molar-refractivity contribution in [3.8, 4) is 0 Å². The molecular formula is C6H14NO5PS. The van der Waals surface area contributed by atoms with Crippen molar-refractivity contribution in [3.05, 3.63) is 0 Å². The molecule has 0 saturated carbocycles. The molecular weight excluding hydrogens is 229 g/mol. The largest absolute Gasteiger partial charge is 0.480 e. The maximum atomic E-state index is 10.6. The number of carboxylic acids is 1. The summed E-state index contributed by atoms with van der Waals surface area (Å²) in [6.45, 7) is 0. The Kier molecular flexibility index (Phi) is 6.39. The topological polar surface area (TPSA) is 107 Å². The molecule has 0 amide bonds. The molecule has 0 aliphatic heterocycles. The SMILES string of the molecule is CSCC[C@H](NCP(=O)(O)O)C(=O)O. The molecule has 0 fully saturated rings. The van der Waals surface area contributed by atoms with Crippen LogP contribution in [-0.4, -0.2) is 45.2 Å². The minimum absolute atomic E-state index is 0.344. The van der Waals surface area contributed by atoms with Crippen LogP contribution in [0.25, 0.3) is 0 Å². The van der Waals surface area contributed by atoms with E-state index < -0.39 is 25.9 Å². The first-order valence-electron chi connectivity index (χ1n) is 3.86. The summed E-state index contributed by atoms with van der Waals surface area (Å²) in [4.78, 5) is 27.6. The van der Waals surface area contributed by atoms with E-state index in [1.165, 1.54) is 11.8 Å². The molecule has 0 radical (unpaired) electrons. The quantitative estimate of drug-likeness (QED) is 0.463. The van der Waals surface area contributed by atoms with Crippen LogP contribution >= 0.6 is 19.4 Å². The molecule has 0 aliphatic rings. The van der Waals surface area contributed by atoms with Crippen LogP contribution in [0.3, 0.4) is 0 Å². The summed E-state index contributed by atoms with van der Waals surface area (Å²) < 4.78 is 10.5. The molecule has 1 atom stereocenters. The van der Waals surface area contributed by atoms with Crippen molar-refractivity contribution in [2.75, 3.05) is 18.3 Å². The van der Waals surface area contributed by atoms with Gasteiger partial charge in [0.2, 0.25) is 0 Å². The molecule has 0 saturated heterocycles. The first-order chi connectivity index (χ1) is 6.37. The molecule has 0 aromatic rings. The normalized spacial score (nSPS) is 13.9. The van der Waals surface area contributed by atoms with Gasteiger partial charge in [0.1, 0.15) is 6.04 Å². The van der Waals surface area contributed by atoms with E-state index in [1.807, 2.05) is 6.26 Å². The zero-order chi connectivity index (χ0) is 11.2. The fraction of sp³-hybridized carbons (Fsp3) is 0.833. The first kappa shape index (κ1) is 13.9. The van der Waals surface area contributed by atoms with Crippen LogP contribution in [0.4, 0.5) is 0 Å². The summed E-state index contributed by atoms with van der Waals surface area (Å²) in [6.07, 6.45) is 1.58. The van der Waals surface area contributed by atoms with Crippen LogP contribution in [0.5, 0.6) is 0 Å². The van der Waals surface area contributed by atoms with Gasteiger partial charge in [-0.25, -0.2) is 0 Å². The van der Waals surface area contributed by atoms with Crippen LogP contribution in [-0.2, 0) is 9.36 Å². The number of hydrogen-bond acceptors (Lipinski definition) is 4. The number of thioether (sulfide) groups is 1. The second-order valence-corrected chi connectivity index (χ2v) is 5.33. The Morgan fingerprint density at radius 2 is 2.14 bits per heavy atom. The molecule has 4 N–H and O–H groups in total. The van der Waals surface area contributed by atoms with Crippen molar-refractivity contribution in [2.24, 2.45) is 0 Å². The number of carbonyl (C=O) groups is 1. The van der Waals surface area contributed by atoms with Gasteiger partial charge in [0.05, 0.1) is 6.29 Å². The molecule has 0 spiro atoms. The van der Waals surface area contributed by atoms with Crippen molar-refractivity contribution in [3.63, 3.8) is 0 Å². The number of nitrogens with one attached hydrogen (secondary N) is 1. The van der Waals surface area contributed by atoms with Gasteiger partial charge in [0.25, 0.3) is 0 Å². The van der Waals surface area contributed by atoms with Gasteiger partial charge in [-0.2, -0.15) is 11.8 Å². The lowest BCUT2D eigenvalue weighted by Crippen LogP contribution is -2.37. The summed E-state index contributed by atoms with van der Waals surface area (Å²) >= 11 is 1.48. The monoisotopic (exact) mass is 243 g/mol. The van der Waals surface area contributed by atoms with E-state index in [4.69, 9.17) is 14.9 Å². The minimum atomic E-state index is -4.17. The predicted molar refractivity (Wildman–Crippen MR) is 54.5 cm³/mol. The van der Waals surface area contributed by atoms with Crippen LogP contribution in [0, 0.1) is 0 Å². The lowest BCUT2D eigenvalue weighted by Gasteiger charge is -2.13. The lowest BCUT2D eigenvalue weighted by atomic mass is 10.2. The van der Waals surface area contributed by atoms with Crippen molar-refractivity contribution in [1.29, 1.82) is 0 Å². The zero-order valence-electron chi connectivity index (χ0n) is 7.71. The molecule has 0 bridgehead atoms. The number of carboxylic acid groups (broad SMARTS) is 1. The Bertz CT molecular complexity index is 230. The molecule has 8 heteroatoms. The van der Waals surface area contributed by atoms with Crippen molar-refractivity contribution in [1.82, 2.24) is 5.32 Å². The Morgan fingerprint density at radius 1 is 1.57 bits per heavy atom. The highest BCUT2D eigenvalue weighted by Crippen LogP contribution is 2.32. The molecule has 0 heterocycles. The molecule has 6 nitrogen and oxygen atoms in total. The second kappa shape index (κ2) is 6.42. The summed E-state index contributed by atoms with van der Waals surface area (Å²) in [6, 6.07) is -0.893.